The van der Waals surface area contributed by atoms with Crippen LogP contribution in [0.1, 0.15) is 59.8 Å². The molecule has 36 heavy (non-hydrogen) atoms. The molecule has 8 nitrogen and oxygen atoms in total. The summed E-state index contributed by atoms with van der Waals surface area (Å²) in [5.41, 5.74) is 1.17. The fraction of sp³-hybridized carbons (Fsp3) is 0.857. The summed E-state index contributed by atoms with van der Waals surface area (Å²) in [6, 6.07) is 0. The van der Waals surface area contributed by atoms with Crippen LogP contribution >= 0.6 is 0 Å². The molecule has 0 aromatic rings. The van der Waals surface area contributed by atoms with Gasteiger partial charge in [-0.05, 0) is 54.9 Å². The van der Waals surface area contributed by atoms with Crippen LogP contribution < -0.4 is 0 Å². The average Bonchev–Trinajstić information content (AvgIpc) is 3.32. The Morgan fingerprint density at radius 3 is 2.53 bits per heavy atom. The van der Waals surface area contributed by atoms with E-state index < -0.39 is 6.16 Å². The lowest BCUT2D eigenvalue weighted by atomic mass is 9.46. The molecular formula is C28H40O8. The van der Waals surface area contributed by atoms with Crippen molar-refractivity contribution < 1.29 is 38.0 Å². The number of methoxy groups -OCH3 is 1. The zero-order chi connectivity index (χ0) is 25.4. The molecule has 0 amide bonds. The first-order valence-electron chi connectivity index (χ1n) is 13.7. The number of epoxide rings is 1. The fourth-order valence-corrected chi connectivity index (χ4v) is 9.35. The summed E-state index contributed by atoms with van der Waals surface area (Å²) in [4.78, 5) is 24.1. The molecule has 200 valence electrons. The Morgan fingerprint density at radius 2 is 1.83 bits per heavy atom. The van der Waals surface area contributed by atoms with Gasteiger partial charge < -0.3 is 28.4 Å². The predicted octanol–water partition coefficient (Wildman–Crippen LogP) is 4.25. The molecule has 6 aliphatic rings. The van der Waals surface area contributed by atoms with Gasteiger partial charge in [-0.2, -0.15) is 0 Å². The van der Waals surface area contributed by atoms with Crippen molar-refractivity contribution in [1.82, 2.24) is 0 Å². The Labute approximate surface area is 213 Å². The summed E-state index contributed by atoms with van der Waals surface area (Å²) >= 11 is 0. The van der Waals surface area contributed by atoms with Crippen LogP contribution in [0.15, 0.2) is 11.6 Å². The molecule has 4 aliphatic carbocycles. The summed E-state index contributed by atoms with van der Waals surface area (Å²) in [5, 5.41) is 0. The quantitative estimate of drug-likeness (QED) is 0.319. The van der Waals surface area contributed by atoms with Crippen LogP contribution in [0.2, 0.25) is 0 Å². The van der Waals surface area contributed by atoms with Gasteiger partial charge in [0.15, 0.2) is 6.29 Å². The summed E-state index contributed by atoms with van der Waals surface area (Å²) in [5.74, 6) is 1.45. The van der Waals surface area contributed by atoms with Crippen molar-refractivity contribution in [2.75, 3.05) is 20.3 Å². The number of carbonyl (C=O) groups is 2. The van der Waals surface area contributed by atoms with Gasteiger partial charge in [0.25, 0.3) is 0 Å². The molecule has 2 aliphatic heterocycles. The Hall–Kier alpha value is -1.64. The van der Waals surface area contributed by atoms with Crippen LogP contribution in [0.5, 0.6) is 0 Å². The van der Waals surface area contributed by atoms with E-state index in [0.29, 0.717) is 43.3 Å². The Kier molecular flexibility index (Phi) is 5.97. The first-order chi connectivity index (χ1) is 17.2. The molecular weight excluding hydrogens is 464 g/mol. The summed E-state index contributed by atoms with van der Waals surface area (Å²) < 4.78 is 34.6. The fourth-order valence-electron chi connectivity index (χ4n) is 9.35. The van der Waals surface area contributed by atoms with E-state index >= 15 is 0 Å². The summed E-state index contributed by atoms with van der Waals surface area (Å²) in [6.45, 7) is 9.84. The molecule has 5 fully saturated rings. The number of ether oxygens (including phenoxy) is 6. The normalized spacial score (nSPS) is 48.0. The summed E-state index contributed by atoms with van der Waals surface area (Å²) in [6.07, 6.45) is 5.76. The molecule has 11 atom stereocenters. The van der Waals surface area contributed by atoms with Crippen LogP contribution in [0, 0.1) is 40.4 Å². The second-order valence-electron chi connectivity index (χ2n) is 12.4. The van der Waals surface area contributed by atoms with Gasteiger partial charge in [-0.25, -0.2) is 4.79 Å². The largest absolute Gasteiger partial charge is 0.508 e. The summed E-state index contributed by atoms with van der Waals surface area (Å²) in [7, 11) is 1.36. The molecule has 6 rings (SSSR count). The maximum atomic E-state index is 12.4. The van der Waals surface area contributed by atoms with E-state index in [9.17, 15) is 9.59 Å². The molecule has 0 bridgehead atoms. The smallest absolute Gasteiger partial charge is 0.459 e. The SMILES string of the molecule is COC(=O)O[C@@H]1C=C2C[C@@H](OC(C)=O)[C@@H]3O[C@@H]3[C@]2(C)[C@H]2CC[C@]3(C)[C@@H](C(C)C4OCCO4)CC[C@H]3[C@H]12. The molecule has 0 aromatic heterocycles. The van der Waals surface area contributed by atoms with Crippen molar-refractivity contribution in [3.8, 4) is 0 Å². The van der Waals surface area contributed by atoms with Gasteiger partial charge in [-0.3, -0.25) is 4.79 Å². The maximum absolute atomic E-state index is 12.4. The maximum Gasteiger partial charge on any atom is 0.508 e. The van der Waals surface area contributed by atoms with E-state index in [0.717, 1.165) is 25.7 Å². The zero-order valence-electron chi connectivity index (χ0n) is 22.1. The lowest BCUT2D eigenvalue weighted by Gasteiger charge is -2.59. The molecule has 0 spiro atoms. The number of esters is 1. The Morgan fingerprint density at radius 1 is 1.08 bits per heavy atom. The standard InChI is InChI=1S/C28H40O8/c1-14(25-32-10-11-33-25)17-6-7-18-22-19(8-9-27(17,18)3)28(4)16(12-20(22)35-26(30)31-5)13-21(34-15(2)29)23-24(28)36-23/h12,14,17-25H,6-11,13H2,1-5H3/t14?,17-,18+,19+,20-,21-,22+,23+,24+,27-,28+/m1/s1. The number of hydrogen-bond acceptors (Lipinski definition) is 8. The molecule has 3 saturated carbocycles. The topological polar surface area (TPSA) is 92.8 Å². The van der Waals surface area contributed by atoms with E-state index in [1.165, 1.54) is 19.6 Å². The third-order valence-electron chi connectivity index (χ3n) is 10.9. The van der Waals surface area contributed by atoms with Crippen molar-refractivity contribution in [1.29, 1.82) is 0 Å². The molecule has 8 heteroatoms. The van der Waals surface area contributed by atoms with Crippen LogP contribution in [0.25, 0.3) is 0 Å². The molecule has 0 N–H and O–H groups in total. The number of hydrogen-bond donors (Lipinski definition) is 0. The monoisotopic (exact) mass is 504 g/mol. The highest BCUT2D eigenvalue weighted by Gasteiger charge is 2.70. The number of fused-ring (bicyclic) bond motifs is 7. The van der Waals surface area contributed by atoms with Gasteiger partial charge in [-0.1, -0.05) is 26.3 Å². The van der Waals surface area contributed by atoms with Crippen LogP contribution in [0.3, 0.4) is 0 Å². The van der Waals surface area contributed by atoms with Crippen LogP contribution in [0.4, 0.5) is 4.79 Å². The highest BCUT2D eigenvalue weighted by Crippen LogP contribution is 2.69. The van der Waals surface area contributed by atoms with E-state index in [1.807, 2.05) is 0 Å². The Balaban J connectivity index is 1.34. The van der Waals surface area contributed by atoms with Crippen molar-refractivity contribution in [2.45, 2.75) is 90.5 Å². The second kappa shape index (κ2) is 8.70. The first kappa shape index (κ1) is 24.7. The van der Waals surface area contributed by atoms with Gasteiger partial charge in [-0.15, -0.1) is 0 Å². The first-order valence-corrected chi connectivity index (χ1v) is 13.7. The van der Waals surface area contributed by atoms with E-state index in [1.54, 1.807) is 0 Å². The Bertz CT molecular complexity index is 942. The van der Waals surface area contributed by atoms with Crippen molar-refractivity contribution in [2.24, 2.45) is 40.4 Å². The van der Waals surface area contributed by atoms with Gasteiger partial charge >= 0.3 is 12.1 Å². The lowest BCUT2D eigenvalue weighted by Crippen LogP contribution is -2.58. The minimum absolute atomic E-state index is 0.0363. The van der Waals surface area contributed by atoms with Gasteiger partial charge in [0.1, 0.15) is 18.3 Å². The van der Waals surface area contributed by atoms with Gasteiger partial charge in [0.2, 0.25) is 0 Å². The van der Waals surface area contributed by atoms with E-state index in [2.05, 4.69) is 26.8 Å². The highest BCUT2D eigenvalue weighted by molar-refractivity contribution is 5.66. The molecule has 2 saturated heterocycles. The predicted molar refractivity (Wildman–Crippen MR) is 128 cm³/mol. The van der Waals surface area contributed by atoms with E-state index in [-0.39, 0.29) is 53.4 Å². The van der Waals surface area contributed by atoms with Crippen molar-refractivity contribution in [3.05, 3.63) is 11.6 Å². The average molecular weight is 505 g/mol. The van der Waals surface area contributed by atoms with E-state index in [4.69, 9.17) is 28.4 Å². The van der Waals surface area contributed by atoms with Gasteiger partial charge in [0, 0.05) is 30.6 Å². The third kappa shape index (κ3) is 3.57. The number of carbonyl (C=O) groups excluding carboxylic acids is 2. The molecule has 1 unspecified atom stereocenters. The third-order valence-corrected chi connectivity index (χ3v) is 10.9. The highest BCUT2D eigenvalue weighted by atomic mass is 16.7. The molecule has 0 aromatic carbocycles. The minimum atomic E-state index is -0.643. The van der Waals surface area contributed by atoms with Crippen LogP contribution in [-0.2, 0) is 33.2 Å². The lowest BCUT2D eigenvalue weighted by molar-refractivity contribution is -0.149. The zero-order valence-corrected chi connectivity index (χ0v) is 22.1. The molecule has 0 radical (unpaired) electrons. The minimum Gasteiger partial charge on any atom is -0.459 e. The van der Waals surface area contributed by atoms with Crippen LogP contribution in [-0.4, -0.2) is 63.2 Å². The second-order valence-corrected chi connectivity index (χ2v) is 12.4. The molecule has 2 heterocycles. The number of rotatable bonds is 4. The van der Waals surface area contributed by atoms with Crippen molar-refractivity contribution in [3.63, 3.8) is 0 Å². The van der Waals surface area contributed by atoms with Crippen molar-refractivity contribution >= 4 is 12.1 Å². The van der Waals surface area contributed by atoms with Gasteiger partial charge in [0.05, 0.1) is 26.4 Å².